The number of aromatic nitrogens is 3. The highest BCUT2D eigenvalue weighted by Crippen LogP contribution is 2.38. The zero-order valence-corrected chi connectivity index (χ0v) is 17.8. The highest BCUT2D eigenvalue weighted by atomic mass is 16.5. The van der Waals surface area contributed by atoms with Gasteiger partial charge in [0.05, 0.1) is 21.3 Å². The number of pyridine rings is 1. The smallest absolute Gasteiger partial charge is 0.221 e. The number of rotatable bonds is 5. The van der Waals surface area contributed by atoms with Gasteiger partial charge in [0.1, 0.15) is 5.82 Å². The van der Waals surface area contributed by atoms with Gasteiger partial charge in [-0.3, -0.25) is 4.98 Å². The van der Waals surface area contributed by atoms with Crippen molar-refractivity contribution < 1.29 is 14.2 Å². The Bertz CT molecular complexity index is 826. The Hall–Kier alpha value is -3.59. The average Bonchev–Trinajstić information content (AvgIpc) is 2.77. The number of anilines is 2. The zero-order valence-electron chi connectivity index (χ0n) is 17.8. The molecule has 0 saturated carbocycles. The van der Waals surface area contributed by atoms with Crippen LogP contribution >= 0.6 is 0 Å². The molecule has 6 N–H and O–H groups in total. The third-order valence-electron chi connectivity index (χ3n) is 3.60. The molecule has 0 saturated heterocycles. The number of nitrogen functional groups attached to an aromatic ring is 2. The molecule has 1 aromatic carbocycles. The predicted octanol–water partition coefficient (Wildman–Crippen LogP) is 2.30. The molecule has 0 bridgehead atoms. The summed E-state index contributed by atoms with van der Waals surface area (Å²) in [4.78, 5) is 11.7. The van der Waals surface area contributed by atoms with Gasteiger partial charge in [-0.25, -0.2) is 4.98 Å². The van der Waals surface area contributed by atoms with Crippen molar-refractivity contribution in [2.75, 3.05) is 39.3 Å². The largest absolute Gasteiger partial charge is 0.493 e. The number of hydrogen-bond acceptors (Lipinski definition) is 9. The fourth-order valence-corrected chi connectivity index (χ4v) is 2.34. The Kier molecular flexibility index (Phi) is 11.1. The van der Waals surface area contributed by atoms with Crippen LogP contribution in [0.2, 0.25) is 0 Å². The lowest BCUT2D eigenvalue weighted by Crippen LogP contribution is -2.04. The number of ether oxygens (including phenoxy) is 3. The number of hydrogen-bond donors (Lipinski definition) is 3. The van der Waals surface area contributed by atoms with E-state index in [-0.39, 0.29) is 5.95 Å². The number of benzene rings is 1. The highest BCUT2D eigenvalue weighted by Gasteiger charge is 2.14. The molecule has 9 heteroatoms. The van der Waals surface area contributed by atoms with Crippen molar-refractivity contribution in [2.24, 2.45) is 5.73 Å². The van der Waals surface area contributed by atoms with Gasteiger partial charge in [0, 0.05) is 30.6 Å². The summed E-state index contributed by atoms with van der Waals surface area (Å²) in [7, 11) is 4.70. The first kappa shape index (κ1) is 24.4. The number of nitrogens with two attached hydrogens (primary N) is 3. The van der Waals surface area contributed by atoms with Gasteiger partial charge in [-0.1, -0.05) is 13.0 Å². The van der Waals surface area contributed by atoms with Crippen LogP contribution < -0.4 is 31.4 Å². The van der Waals surface area contributed by atoms with E-state index in [0.717, 1.165) is 17.7 Å². The first-order chi connectivity index (χ1) is 14.5. The van der Waals surface area contributed by atoms with E-state index in [1.54, 1.807) is 39.9 Å². The maximum atomic E-state index is 5.85. The van der Waals surface area contributed by atoms with Crippen LogP contribution in [0.15, 0.2) is 48.9 Å². The third-order valence-corrected chi connectivity index (χ3v) is 3.60. The Labute approximate surface area is 177 Å². The molecule has 2 aromatic heterocycles. The second kappa shape index (κ2) is 13.6. The minimum absolute atomic E-state index is 0.154. The summed E-state index contributed by atoms with van der Waals surface area (Å²) in [5.74, 6) is 2.23. The van der Waals surface area contributed by atoms with Crippen molar-refractivity contribution in [1.82, 2.24) is 15.0 Å². The summed E-state index contributed by atoms with van der Waals surface area (Å²) in [6.45, 7) is 2.65. The van der Waals surface area contributed by atoms with E-state index in [4.69, 9.17) is 31.4 Å². The van der Waals surface area contributed by atoms with Gasteiger partial charge in [0.2, 0.25) is 11.7 Å². The van der Waals surface area contributed by atoms with E-state index < -0.39 is 0 Å². The van der Waals surface area contributed by atoms with Crippen LogP contribution in [0.4, 0.5) is 11.8 Å². The topological polar surface area (TPSA) is 144 Å². The Morgan fingerprint density at radius 2 is 1.47 bits per heavy atom. The first-order valence-electron chi connectivity index (χ1n) is 9.21. The summed E-state index contributed by atoms with van der Waals surface area (Å²) in [6.07, 6.45) is 5.64. The molecule has 2 heterocycles. The molecular weight excluding hydrogens is 384 g/mol. The highest BCUT2D eigenvalue weighted by molar-refractivity contribution is 5.55. The number of methoxy groups -OCH3 is 3. The third kappa shape index (κ3) is 7.80. The molecule has 0 amide bonds. The Morgan fingerprint density at radius 1 is 0.900 bits per heavy atom. The molecule has 3 rings (SSSR count). The van der Waals surface area contributed by atoms with Crippen LogP contribution in [-0.2, 0) is 6.42 Å². The van der Waals surface area contributed by atoms with Gasteiger partial charge < -0.3 is 31.4 Å². The average molecular weight is 415 g/mol. The van der Waals surface area contributed by atoms with Gasteiger partial charge in [0.15, 0.2) is 11.5 Å². The summed E-state index contributed by atoms with van der Waals surface area (Å²) < 4.78 is 15.9. The maximum Gasteiger partial charge on any atom is 0.221 e. The van der Waals surface area contributed by atoms with Crippen LogP contribution in [-0.4, -0.2) is 42.8 Å². The summed E-state index contributed by atoms with van der Waals surface area (Å²) in [5.41, 5.74) is 17.9. The fourth-order valence-electron chi connectivity index (χ4n) is 2.34. The van der Waals surface area contributed by atoms with Crippen LogP contribution in [0, 0.1) is 0 Å². The molecule has 9 nitrogen and oxygen atoms in total. The van der Waals surface area contributed by atoms with Crippen molar-refractivity contribution in [3.63, 3.8) is 0 Å². The van der Waals surface area contributed by atoms with Crippen molar-refractivity contribution in [2.45, 2.75) is 13.3 Å². The molecule has 0 aliphatic rings. The van der Waals surface area contributed by atoms with E-state index in [1.807, 2.05) is 37.3 Å². The van der Waals surface area contributed by atoms with Gasteiger partial charge in [-0.15, -0.1) is 0 Å². The Morgan fingerprint density at radius 3 is 1.83 bits per heavy atom. The Balaban J connectivity index is 0.000000415. The molecule has 0 unspecified atom stereocenters. The lowest BCUT2D eigenvalue weighted by molar-refractivity contribution is 0.324. The van der Waals surface area contributed by atoms with Gasteiger partial charge >= 0.3 is 0 Å². The SMILES string of the molecule is CCN.COc1cc(Cc2cnc(N)nc2N)cc(OC)c1OC.c1ccncc1. The van der Waals surface area contributed by atoms with Crippen molar-refractivity contribution in [3.05, 3.63) is 60.0 Å². The van der Waals surface area contributed by atoms with Crippen LogP contribution in [0.1, 0.15) is 18.1 Å². The molecule has 3 aromatic rings. The summed E-state index contributed by atoms with van der Waals surface area (Å²) in [5, 5.41) is 0. The molecule has 162 valence electrons. The van der Waals surface area contributed by atoms with Crippen molar-refractivity contribution >= 4 is 11.8 Å². The molecule has 0 spiro atoms. The lowest BCUT2D eigenvalue weighted by Gasteiger charge is -2.14. The standard InChI is InChI=1S/C14H18N4O3.C5H5N.C2H7N/c1-19-10-5-8(6-11(20-2)12(10)21-3)4-9-7-17-14(16)18-13(9)15;1-2-4-6-5-3-1;1-2-3/h5-7H,4H2,1-3H3,(H4,15,16,17,18);1-5H;2-3H2,1H3. The normalized spacial score (nSPS) is 9.37. The predicted molar refractivity (Wildman–Crippen MR) is 119 cm³/mol. The van der Waals surface area contributed by atoms with Crippen LogP contribution in [0.25, 0.3) is 0 Å². The van der Waals surface area contributed by atoms with E-state index >= 15 is 0 Å². The van der Waals surface area contributed by atoms with Gasteiger partial charge in [-0.05, 0) is 36.4 Å². The summed E-state index contributed by atoms with van der Waals surface area (Å²) >= 11 is 0. The fraction of sp³-hybridized carbons (Fsp3) is 0.286. The molecule has 0 radical (unpaired) electrons. The molecule has 0 fully saturated rings. The van der Waals surface area contributed by atoms with Crippen LogP contribution in [0.3, 0.4) is 0 Å². The molecule has 0 atom stereocenters. The van der Waals surface area contributed by atoms with Crippen LogP contribution in [0.5, 0.6) is 17.2 Å². The monoisotopic (exact) mass is 414 g/mol. The second-order valence-corrected chi connectivity index (χ2v) is 5.78. The minimum Gasteiger partial charge on any atom is -0.493 e. The van der Waals surface area contributed by atoms with Crippen molar-refractivity contribution in [3.8, 4) is 17.2 Å². The quantitative estimate of drug-likeness (QED) is 0.572. The zero-order chi connectivity index (χ0) is 22.4. The minimum atomic E-state index is 0.154. The maximum absolute atomic E-state index is 5.85. The van der Waals surface area contributed by atoms with E-state index in [1.165, 1.54) is 0 Å². The lowest BCUT2D eigenvalue weighted by atomic mass is 10.1. The second-order valence-electron chi connectivity index (χ2n) is 5.78. The first-order valence-corrected chi connectivity index (χ1v) is 9.21. The molecule has 0 aliphatic heterocycles. The summed E-state index contributed by atoms with van der Waals surface area (Å²) in [6, 6.07) is 9.43. The van der Waals surface area contributed by atoms with E-state index in [9.17, 15) is 0 Å². The van der Waals surface area contributed by atoms with Gasteiger partial charge in [0.25, 0.3) is 0 Å². The molecular formula is C21H30N6O3. The molecule has 0 aliphatic carbocycles. The van der Waals surface area contributed by atoms with Gasteiger partial charge in [-0.2, -0.15) is 4.98 Å². The molecule has 30 heavy (non-hydrogen) atoms. The van der Waals surface area contributed by atoms with Crippen molar-refractivity contribution in [1.29, 1.82) is 0 Å². The van der Waals surface area contributed by atoms with E-state index in [0.29, 0.717) is 29.5 Å². The number of nitrogens with zero attached hydrogens (tertiary/aromatic N) is 3. The van der Waals surface area contributed by atoms with E-state index in [2.05, 4.69) is 15.0 Å².